The van der Waals surface area contributed by atoms with Gasteiger partial charge in [0.1, 0.15) is 5.82 Å². The van der Waals surface area contributed by atoms with Crippen LogP contribution >= 0.6 is 0 Å². The molecule has 2 N–H and O–H groups in total. The van der Waals surface area contributed by atoms with E-state index in [4.69, 9.17) is 0 Å². The molecule has 28 heavy (non-hydrogen) atoms. The Kier molecular flexibility index (Phi) is 5.24. The number of anilines is 2. The molecule has 7 nitrogen and oxygen atoms in total. The van der Waals surface area contributed by atoms with Crippen molar-refractivity contribution in [3.05, 3.63) is 78.8 Å². The van der Waals surface area contributed by atoms with E-state index in [0.29, 0.717) is 23.9 Å². The van der Waals surface area contributed by atoms with Crippen molar-refractivity contribution in [2.24, 2.45) is 0 Å². The molecule has 140 valence electrons. The van der Waals surface area contributed by atoms with Crippen molar-refractivity contribution in [1.29, 1.82) is 0 Å². The minimum Gasteiger partial charge on any atom is -0.354 e. The quantitative estimate of drug-likeness (QED) is 0.484. The van der Waals surface area contributed by atoms with Crippen LogP contribution in [0.2, 0.25) is 0 Å². The SMILES string of the molecule is O=C(Nc1ccnc(NCCCn2cnc3ccccc32)n1)c1ccccc1. The molecule has 0 saturated heterocycles. The molecule has 2 aromatic carbocycles. The maximum absolute atomic E-state index is 12.2. The number of rotatable bonds is 7. The lowest BCUT2D eigenvalue weighted by Crippen LogP contribution is -2.14. The molecule has 1 amide bonds. The number of nitrogens with one attached hydrogen (secondary N) is 2. The molecule has 4 aromatic rings. The molecule has 2 heterocycles. The maximum Gasteiger partial charge on any atom is 0.256 e. The molecule has 0 aliphatic carbocycles. The minimum absolute atomic E-state index is 0.197. The van der Waals surface area contributed by atoms with E-state index in [-0.39, 0.29) is 5.91 Å². The van der Waals surface area contributed by atoms with Gasteiger partial charge in [0.15, 0.2) is 0 Å². The van der Waals surface area contributed by atoms with Crippen LogP contribution in [0.25, 0.3) is 11.0 Å². The highest BCUT2D eigenvalue weighted by molar-refractivity contribution is 6.03. The van der Waals surface area contributed by atoms with E-state index < -0.39 is 0 Å². The molecule has 0 saturated carbocycles. The zero-order valence-electron chi connectivity index (χ0n) is 15.2. The van der Waals surface area contributed by atoms with E-state index in [9.17, 15) is 4.79 Å². The van der Waals surface area contributed by atoms with Crippen molar-refractivity contribution in [3.8, 4) is 0 Å². The van der Waals surface area contributed by atoms with Gasteiger partial charge in [0.05, 0.1) is 17.4 Å². The molecule has 0 aliphatic heterocycles. The topological polar surface area (TPSA) is 84.7 Å². The number of carbonyl (C=O) groups is 1. The zero-order chi connectivity index (χ0) is 19.2. The maximum atomic E-state index is 12.2. The summed E-state index contributed by atoms with van der Waals surface area (Å²) in [6.07, 6.45) is 4.38. The monoisotopic (exact) mass is 372 g/mol. The first-order valence-corrected chi connectivity index (χ1v) is 9.13. The number of aryl methyl sites for hydroxylation is 1. The number of imidazole rings is 1. The van der Waals surface area contributed by atoms with Gasteiger partial charge < -0.3 is 15.2 Å². The summed E-state index contributed by atoms with van der Waals surface area (Å²) < 4.78 is 2.13. The molecule has 0 unspecified atom stereocenters. The van der Waals surface area contributed by atoms with Crippen molar-refractivity contribution in [1.82, 2.24) is 19.5 Å². The van der Waals surface area contributed by atoms with Gasteiger partial charge >= 0.3 is 0 Å². The third-order valence-electron chi connectivity index (χ3n) is 4.32. The average molecular weight is 372 g/mol. The van der Waals surface area contributed by atoms with Crippen LogP contribution in [0.3, 0.4) is 0 Å². The highest BCUT2D eigenvalue weighted by Gasteiger charge is 2.07. The van der Waals surface area contributed by atoms with E-state index in [1.54, 1.807) is 24.4 Å². The number of hydrogen-bond donors (Lipinski definition) is 2. The van der Waals surface area contributed by atoms with E-state index in [1.165, 1.54) is 0 Å². The van der Waals surface area contributed by atoms with Crippen LogP contribution in [0, 0.1) is 0 Å². The Bertz CT molecular complexity index is 1080. The highest BCUT2D eigenvalue weighted by Crippen LogP contribution is 2.12. The van der Waals surface area contributed by atoms with Gasteiger partial charge in [-0.1, -0.05) is 30.3 Å². The zero-order valence-corrected chi connectivity index (χ0v) is 15.2. The summed E-state index contributed by atoms with van der Waals surface area (Å²) >= 11 is 0. The minimum atomic E-state index is -0.197. The second kappa shape index (κ2) is 8.30. The Labute approximate surface area is 162 Å². The molecule has 2 aromatic heterocycles. The Hall–Kier alpha value is -3.74. The van der Waals surface area contributed by atoms with Crippen molar-refractivity contribution >= 4 is 28.7 Å². The fraction of sp³-hybridized carbons (Fsp3) is 0.143. The summed E-state index contributed by atoms with van der Waals surface area (Å²) in [6, 6.07) is 18.8. The molecule has 0 atom stereocenters. The van der Waals surface area contributed by atoms with Crippen molar-refractivity contribution in [2.45, 2.75) is 13.0 Å². The standard InChI is InChI=1S/C21H20N6O/c28-20(16-7-2-1-3-8-16)25-19-11-13-23-21(26-19)22-12-6-14-27-15-24-17-9-4-5-10-18(17)27/h1-5,7-11,13,15H,6,12,14H2,(H2,22,23,25,26,28). The fourth-order valence-electron chi connectivity index (χ4n) is 2.93. The molecule has 4 rings (SSSR count). The van der Waals surface area contributed by atoms with Crippen LogP contribution in [0.4, 0.5) is 11.8 Å². The van der Waals surface area contributed by atoms with Gasteiger partial charge in [-0.2, -0.15) is 4.98 Å². The fourth-order valence-corrected chi connectivity index (χ4v) is 2.93. The highest BCUT2D eigenvalue weighted by atomic mass is 16.1. The van der Waals surface area contributed by atoms with E-state index in [1.807, 2.05) is 42.7 Å². The van der Waals surface area contributed by atoms with Crippen LogP contribution in [0.1, 0.15) is 16.8 Å². The molecule has 0 fully saturated rings. The van der Waals surface area contributed by atoms with Crippen molar-refractivity contribution in [3.63, 3.8) is 0 Å². The first-order chi connectivity index (χ1) is 13.8. The van der Waals surface area contributed by atoms with Gasteiger partial charge in [-0.3, -0.25) is 4.79 Å². The van der Waals surface area contributed by atoms with Crippen molar-refractivity contribution in [2.75, 3.05) is 17.2 Å². The van der Waals surface area contributed by atoms with Crippen LogP contribution in [-0.2, 0) is 6.54 Å². The predicted molar refractivity (Wildman–Crippen MR) is 109 cm³/mol. The van der Waals surface area contributed by atoms with E-state index >= 15 is 0 Å². The predicted octanol–water partition coefficient (Wildman–Crippen LogP) is 3.58. The summed E-state index contributed by atoms with van der Waals surface area (Å²) in [5.41, 5.74) is 2.72. The molecule has 0 bridgehead atoms. The summed E-state index contributed by atoms with van der Waals surface area (Å²) in [4.78, 5) is 25.2. The number of para-hydroxylation sites is 2. The smallest absolute Gasteiger partial charge is 0.256 e. The number of hydrogen-bond acceptors (Lipinski definition) is 5. The first-order valence-electron chi connectivity index (χ1n) is 9.13. The number of carbonyl (C=O) groups excluding carboxylic acids is 1. The molecule has 0 spiro atoms. The third kappa shape index (κ3) is 4.15. The van der Waals surface area contributed by atoms with Gasteiger partial charge in [-0.15, -0.1) is 0 Å². The molecule has 7 heteroatoms. The lowest BCUT2D eigenvalue weighted by Gasteiger charge is -2.08. The van der Waals surface area contributed by atoms with Gasteiger partial charge in [-0.05, 0) is 36.8 Å². The van der Waals surface area contributed by atoms with E-state index in [0.717, 1.165) is 24.0 Å². The second-order valence-corrected chi connectivity index (χ2v) is 6.29. The number of nitrogens with zero attached hydrogens (tertiary/aromatic N) is 4. The van der Waals surface area contributed by atoms with Crippen molar-refractivity contribution < 1.29 is 4.79 Å². The van der Waals surface area contributed by atoms with Crippen LogP contribution in [-0.4, -0.2) is 32.0 Å². The number of fused-ring (bicyclic) bond motifs is 1. The lowest BCUT2D eigenvalue weighted by molar-refractivity contribution is 0.102. The summed E-state index contributed by atoms with van der Waals surface area (Å²) in [5.74, 6) is 0.755. The van der Waals surface area contributed by atoms with Gasteiger partial charge in [-0.25, -0.2) is 9.97 Å². The summed E-state index contributed by atoms with van der Waals surface area (Å²) in [5, 5.41) is 5.99. The number of aromatic nitrogens is 4. The summed E-state index contributed by atoms with van der Waals surface area (Å²) in [7, 11) is 0. The summed E-state index contributed by atoms with van der Waals surface area (Å²) in [6.45, 7) is 1.56. The molecule has 0 radical (unpaired) electrons. The first kappa shape index (κ1) is 17.7. The third-order valence-corrected chi connectivity index (χ3v) is 4.32. The second-order valence-electron chi connectivity index (χ2n) is 6.29. The Morgan fingerprint density at radius 3 is 2.68 bits per heavy atom. The lowest BCUT2D eigenvalue weighted by atomic mass is 10.2. The van der Waals surface area contributed by atoms with Gasteiger partial charge in [0, 0.05) is 24.8 Å². The Morgan fingerprint density at radius 1 is 0.964 bits per heavy atom. The average Bonchev–Trinajstić information content (AvgIpc) is 3.15. The Morgan fingerprint density at radius 2 is 1.79 bits per heavy atom. The largest absolute Gasteiger partial charge is 0.354 e. The Balaban J connectivity index is 1.30. The number of benzene rings is 2. The van der Waals surface area contributed by atoms with Gasteiger partial charge in [0.2, 0.25) is 5.95 Å². The number of amides is 1. The van der Waals surface area contributed by atoms with Gasteiger partial charge in [0.25, 0.3) is 5.91 Å². The van der Waals surface area contributed by atoms with Crippen LogP contribution in [0.5, 0.6) is 0 Å². The molecular formula is C21H20N6O. The van der Waals surface area contributed by atoms with Crippen LogP contribution < -0.4 is 10.6 Å². The van der Waals surface area contributed by atoms with E-state index in [2.05, 4.69) is 36.2 Å². The molecule has 0 aliphatic rings. The molecular weight excluding hydrogens is 352 g/mol. The van der Waals surface area contributed by atoms with Crippen LogP contribution in [0.15, 0.2) is 73.2 Å². The normalized spacial score (nSPS) is 10.7.